The van der Waals surface area contributed by atoms with E-state index in [1.807, 2.05) is 0 Å². The Morgan fingerprint density at radius 3 is 2.96 bits per heavy atom. The van der Waals surface area contributed by atoms with Gasteiger partial charge in [0, 0.05) is 48.4 Å². The standard InChI is InChI=1S/C16H18BrFN2O2S/c1-2-6-20(11-12-10-13(17)3-4-14(12)18)15(21)5-7-19-8-9-23-16(19)22/h2-4,10H,1,5-9,11H2. The van der Waals surface area contributed by atoms with Gasteiger partial charge in [0.25, 0.3) is 5.24 Å². The minimum Gasteiger partial charge on any atom is -0.334 e. The third kappa shape index (κ3) is 5.07. The van der Waals surface area contributed by atoms with Gasteiger partial charge in [0.1, 0.15) is 5.82 Å². The Labute approximate surface area is 147 Å². The number of thioether (sulfide) groups is 1. The highest BCUT2D eigenvalue weighted by Gasteiger charge is 2.23. The second-order valence-electron chi connectivity index (χ2n) is 5.15. The van der Waals surface area contributed by atoms with Gasteiger partial charge in [0.05, 0.1) is 0 Å². The summed E-state index contributed by atoms with van der Waals surface area (Å²) in [5.74, 6) is 0.308. The molecule has 2 rings (SSSR count). The maximum Gasteiger partial charge on any atom is 0.281 e. The number of halogens is 2. The quantitative estimate of drug-likeness (QED) is 0.655. The molecule has 1 aliphatic rings. The Balaban J connectivity index is 1.99. The van der Waals surface area contributed by atoms with Crippen molar-refractivity contribution in [3.05, 3.63) is 46.7 Å². The molecule has 124 valence electrons. The van der Waals surface area contributed by atoms with Crippen molar-refractivity contribution in [2.24, 2.45) is 0 Å². The van der Waals surface area contributed by atoms with E-state index in [2.05, 4.69) is 22.5 Å². The first kappa shape index (κ1) is 18.0. The fourth-order valence-electron chi connectivity index (χ4n) is 2.30. The van der Waals surface area contributed by atoms with Crippen LogP contribution in [0.1, 0.15) is 12.0 Å². The number of rotatable bonds is 7. The molecule has 0 N–H and O–H groups in total. The van der Waals surface area contributed by atoms with E-state index in [1.54, 1.807) is 28.0 Å². The van der Waals surface area contributed by atoms with Crippen LogP contribution in [0.2, 0.25) is 0 Å². The molecule has 0 atom stereocenters. The highest BCUT2D eigenvalue weighted by molar-refractivity contribution is 9.10. The molecule has 23 heavy (non-hydrogen) atoms. The Bertz CT molecular complexity index is 612. The molecule has 1 fully saturated rings. The topological polar surface area (TPSA) is 40.6 Å². The van der Waals surface area contributed by atoms with Crippen LogP contribution < -0.4 is 0 Å². The summed E-state index contributed by atoms with van der Waals surface area (Å²) in [7, 11) is 0. The minimum absolute atomic E-state index is 0.0195. The van der Waals surface area contributed by atoms with Crippen LogP contribution in [0.15, 0.2) is 35.3 Å². The number of hydrogen-bond acceptors (Lipinski definition) is 3. The molecule has 0 unspecified atom stereocenters. The summed E-state index contributed by atoms with van der Waals surface area (Å²) in [4.78, 5) is 27.2. The average Bonchev–Trinajstić information content (AvgIpc) is 2.93. The molecule has 2 amide bonds. The van der Waals surface area contributed by atoms with Crippen molar-refractivity contribution in [2.45, 2.75) is 13.0 Å². The number of carbonyl (C=O) groups is 2. The fraction of sp³-hybridized carbons (Fsp3) is 0.375. The largest absolute Gasteiger partial charge is 0.334 e. The summed E-state index contributed by atoms with van der Waals surface area (Å²) in [5.41, 5.74) is 0.447. The average molecular weight is 401 g/mol. The first-order valence-corrected chi connectivity index (χ1v) is 9.03. The molecule has 0 saturated carbocycles. The van der Waals surface area contributed by atoms with Crippen molar-refractivity contribution in [3.8, 4) is 0 Å². The second-order valence-corrected chi connectivity index (χ2v) is 7.11. The third-order valence-corrected chi connectivity index (χ3v) is 4.90. The van der Waals surface area contributed by atoms with Gasteiger partial charge in [-0.1, -0.05) is 33.8 Å². The molecule has 1 heterocycles. The predicted molar refractivity (Wildman–Crippen MR) is 93.8 cm³/mol. The molecule has 1 saturated heterocycles. The van der Waals surface area contributed by atoms with Gasteiger partial charge >= 0.3 is 0 Å². The Morgan fingerprint density at radius 1 is 1.52 bits per heavy atom. The summed E-state index contributed by atoms with van der Waals surface area (Å²) >= 11 is 4.58. The maximum atomic E-state index is 13.9. The molecule has 0 spiro atoms. The maximum absolute atomic E-state index is 13.9. The van der Waals surface area contributed by atoms with Crippen molar-refractivity contribution >= 4 is 38.8 Å². The van der Waals surface area contributed by atoms with Gasteiger partial charge in [0.15, 0.2) is 0 Å². The summed E-state index contributed by atoms with van der Waals surface area (Å²) in [6, 6.07) is 4.66. The van der Waals surface area contributed by atoms with Crippen LogP contribution in [0.3, 0.4) is 0 Å². The predicted octanol–water partition coefficient (Wildman–Crippen LogP) is 3.66. The summed E-state index contributed by atoms with van der Waals surface area (Å²) in [5, 5.41) is 0.0195. The van der Waals surface area contributed by atoms with E-state index in [-0.39, 0.29) is 29.9 Å². The number of benzene rings is 1. The molecule has 0 aromatic heterocycles. The number of hydrogen-bond donors (Lipinski definition) is 0. The molecule has 0 radical (unpaired) electrons. The molecule has 4 nitrogen and oxygen atoms in total. The molecular weight excluding hydrogens is 383 g/mol. The van der Waals surface area contributed by atoms with Crippen LogP contribution in [-0.2, 0) is 11.3 Å². The summed E-state index contributed by atoms with van der Waals surface area (Å²) in [6.45, 7) is 5.25. The lowest BCUT2D eigenvalue weighted by Gasteiger charge is -2.23. The molecule has 1 aromatic carbocycles. The highest BCUT2D eigenvalue weighted by atomic mass is 79.9. The van der Waals surface area contributed by atoms with Gasteiger partial charge in [-0.3, -0.25) is 9.59 Å². The number of amides is 2. The first-order chi connectivity index (χ1) is 11.0. The first-order valence-electron chi connectivity index (χ1n) is 7.25. The van der Waals surface area contributed by atoms with E-state index in [9.17, 15) is 14.0 Å². The van der Waals surface area contributed by atoms with E-state index in [0.717, 1.165) is 10.2 Å². The summed E-state index contributed by atoms with van der Waals surface area (Å²) in [6.07, 6.45) is 1.85. The fourth-order valence-corrected chi connectivity index (χ4v) is 3.56. The normalized spacial score (nSPS) is 14.2. The molecule has 0 aliphatic carbocycles. The molecule has 1 aliphatic heterocycles. The van der Waals surface area contributed by atoms with Gasteiger partial charge in [0.2, 0.25) is 5.91 Å². The van der Waals surface area contributed by atoms with E-state index in [0.29, 0.717) is 25.2 Å². The van der Waals surface area contributed by atoms with Crippen LogP contribution >= 0.6 is 27.7 Å². The van der Waals surface area contributed by atoms with Gasteiger partial charge in [-0.2, -0.15) is 0 Å². The van der Waals surface area contributed by atoms with Crippen LogP contribution in [0.5, 0.6) is 0 Å². The third-order valence-electron chi connectivity index (χ3n) is 3.51. The number of nitrogens with zero attached hydrogens (tertiary/aromatic N) is 2. The lowest BCUT2D eigenvalue weighted by molar-refractivity contribution is -0.131. The Hall–Kier alpha value is -1.34. The molecular formula is C16H18BrFN2O2S. The van der Waals surface area contributed by atoms with Crippen molar-refractivity contribution < 1.29 is 14.0 Å². The monoisotopic (exact) mass is 400 g/mol. The zero-order valence-electron chi connectivity index (χ0n) is 12.6. The van der Waals surface area contributed by atoms with Gasteiger partial charge in [-0.05, 0) is 18.2 Å². The SMILES string of the molecule is C=CCN(Cc1cc(Br)ccc1F)C(=O)CCN1CCSC1=O. The lowest BCUT2D eigenvalue weighted by Crippen LogP contribution is -2.34. The zero-order chi connectivity index (χ0) is 16.8. The number of carbonyl (C=O) groups excluding carboxylic acids is 2. The molecule has 7 heteroatoms. The van der Waals surface area contributed by atoms with Gasteiger partial charge in [-0.25, -0.2) is 4.39 Å². The van der Waals surface area contributed by atoms with Crippen LogP contribution in [0.25, 0.3) is 0 Å². The highest BCUT2D eigenvalue weighted by Crippen LogP contribution is 2.19. The molecule has 0 bridgehead atoms. The van der Waals surface area contributed by atoms with Gasteiger partial charge < -0.3 is 9.80 Å². The van der Waals surface area contributed by atoms with Crippen LogP contribution in [0.4, 0.5) is 9.18 Å². The second kappa shape index (κ2) is 8.49. The lowest BCUT2D eigenvalue weighted by atomic mass is 10.2. The zero-order valence-corrected chi connectivity index (χ0v) is 15.0. The van der Waals surface area contributed by atoms with E-state index in [4.69, 9.17) is 0 Å². The van der Waals surface area contributed by atoms with E-state index >= 15 is 0 Å². The van der Waals surface area contributed by atoms with Crippen LogP contribution in [-0.4, -0.2) is 46.3 Å². The smallest absolute Gasteiger partial charge is 0.281 e. The molecule has 1 aromatic rings. The van der Waals surface area contributed by atoms with Crippen molar-refractivity contribution in [1.82, 2.24) is 9.80 Å². The Kier molecular flexibility index (Phi) is 6.65. The van der Waals surface area contributed by atoms with Crippen LogP contribution in [0, 0.1) is 5.82 Å². The minimum atomic E-state index is -0.346. The van der Waals surface area contributed by atoms with E-state index in [1.165, 1.54) is 17.8 Å². The van der Waals surface area contributed by atoms with Gasteiger partial charge in [-0.15, -0.1) is 6.58 Å². The van der Waals surface area contributed by atoms with Crippen molar-refractivity contribution in [2.75, 3.05) is 25.4 Å². The van der Waals surface area contributed by atoms with E-state index < -0.39 is 0 Å². The Morgan fingerprint density at radius 2 is 2.30 bits per heavy atom. The summed E-state index contributed by atoms with van der Waals surface area (Å²) < 4.78 is 14.6. The van der Waals surface area contributed by atoms with Crippen molar-refractivity contribution in [1.29, 1.82) is 0 Å². The van der Waals surface area contributed by atoms with Crippen molar-refractivity contribution in [3.63, 3.8) is 0 Å².